The zero-order chi connectivity index (χ0) is 27.6. The summed E-state index contributed by atoms with van der Waals surface area (Å²) < 4.78 is 1.89. The fourth-order valence-corrected chi connectivity index (χ4v) is 4.07. The van der Waals surface area contributed by atoms with Gasteiger partial charge in [-0.1, -0.05) is 32.9 Å². The van der Waals surface area contributed by atoms with Crippen LogP contribution in [0.2, 0.25) is 0 Å². The summed E-state index contributed by atoms with van der Waals surface area (Å²) in [6.45, 7) is 10.3. The number of primary amides is 1. The van der Waals surface area contributed by atoms with Crippen molar-refractivity contribution >= 4 is 29.0 Å². The number of nitrogens with one attached hydrogen (secondary N) is 3. The van der Waals surface area contributed by atoms with Crippen molar-refractivity contribution < 1.29 is 9.59 Å². The van der Waals surface area contributed by atoms with Crippen LogP contribution in [-0.2, 0) is 23.3 Å². The van der Waals surface area contributed by atoms with E-state index < -0.39 is 11.8 Å². The predicted octanol–water partition coefficient (Wildman–Crippen LogP) is 2.83. The Kier molecular flexibility index (Phi) is 7.40. The standard InChI is InChI=1S/C27H33N9O2/c1-16-18(7-6-8-20(16)33-26(38)22-13-31-23(14-30-22)27(2,3)4)19(28)12-21(25(29)37)32-24-11-17-15-35(5)9-10-36(17)34-24/h6-8,11-14,28H,9-10,15H2,1-5H3,(H2,29,37)(H,32,34)(H,33,38)/b21-12+,28-19?. The molecular formula is C27H33N9O2. The Bertz CT molecular complexity index is 1420. The highest BCUT2D eigenvalue weighted by atomic mass is 16.2. The fourth-order valence-electron chi connectivity index (χ4n) is 4.07. The molecule has 0 saturated heterocycles. The van der Waals surface area contributed by atoms with Crippen molar-refractivity contribution in [3.05, 3.63) is 76.6 Å². The largest absolute Gasteiger partial charge is 0.364 e. The average molecular weight is 516 g/mol. The van der Waals surface area contributed by atoms with Gasteiger partial charge in [0.15, 0.2) is 5.82 Å². The summed E-state index contributed by atoms with van der Waals surface area (Å²) in [5.41, 5.74) is 9.24. The van der Waals surface area contributed by atoms with E-state index in [0.717, 1.165) is 31.0 Å². The third-order valence-corrected chi connectivity index (χ3v) is 6.33. The van der Waals surface area contributed by atoms with Crippen molar-refractivity contribution in [1.29, 1.82) is 5.41 Å². The van der Waals surface area contributed by atoms with Crippen LogP contribution in [0, 0.1) is 12.3 Å². The van der Waals surface area contributed by atoms with Gasteiger partial charge in [0.1, 0.15) is 11.4 Å². The Balaban J connectivity index is 1.52. The first-order valence-corrected chi connectivity index (χ1v) is 12.3. The summed E-state index contributed by atoms with van der Waals surface area (Å²) in [4.78, 5) is 35.8. The summed E-state index contributed by atoms with van der Waals surface area (Å²) >= 11 is 0. The van der Waals surface area contributed by atoms with Gasteiger partial charge in [-0.3, -0.25) is 24.2 Å². The van der Waals surface area contributed by atoms with Crippen molar-refractivity contribution in [2.45, 2.75) is 46.2 Å². The highest BCUT2D eigenvalue weighted by Gasteiger charge is 2.19. The number of hydrogen-bond donors (Lipinski definition) is 4. The lowest BCUT2D eigenvalue weighted by Gasteiger charge is -2.22. The van der Waals surface area contributed by atoms with Gasteiger partial charge in [-0.15, -0.1) is 0 Å². The Morgan fingerprint density at radius 2 is 1.89 bits per heavy atom. The van der Waals surface area contributed by atoms with Crippen LogP contribution in [0.5, 0.6) is 0 Å². The second-order valence-electron chi connectivity index (χ2n) is 10.4. The van der Waals surface area contributed by atoms with E-state index in [4.69, 9.17) is 11.1 Å². The molecule has 0 spiro atoms. The number of allylic oxidation sites excluding steroid dienone is 1. The number of aromatic nitrogens is 4. The predicted molar refractivity (Wildman–Crippen MR) is 146 cm³/mol. The van der Waals surface area contributed by atoms with Crippen LogP contribution >= 0.6 is 0 Å². The molecule has 0 fully saturated rings. The molecule has 0 atom stereocenters. The van der Waals surface area contributed by atoms with Crippen LogP contribution in [0.4, 0.5) is 11.5 Å². The lowest BCUT2D eigenvalue weighted by Crippen LogP contribution is -2.30. The molecule has 198 valence electrons. The molecule has 11 heteroatoms. The van der Waals surface area contributed by atoms with Crippen LogP contribution in [0.3, 0.4) is 0 Å². The van der Waals surface area contributed by atoms with Crippen LogP contribution in [0.25, 0.3) is 0 Å². The van der Waals surface area contributed by atoms with Gasteiger partial charge in [-0.2, -0.15) is 5.10 Å². The van der Waals surface area contributed by atoms with E-state index in [1.54, 1.807) is 31.3 Å². The zero-order valence-electron chi connectivity index (χ0n) is 22.3. The van der Waals surface area contributed by atoms with Crippen LogP contribution in [0.15, 0.2) is 48.4 Å². The highest BCUT2D eigenvalue weighted by Crippen LogP contribution is 2.23. The molecule has 3 aromatic rings. The third-order valence-electron chi connectivity index (χ3n) is 6.33. The minimum absolute atomic E-state index is 0.0434. The fraction of sp³-hybridized carbons (Fsp3) is 0.333. The zero-order valence-corrected chi connectivity index (χ0v) is 22.3. The van der Waals surface area contributed by atoms with Crippen LogP contribution in [0.1, 0.15) is 53.8 Å². The number of carbonyl (C=O) groups excluding carboxylic acids is 2. The second-order valence-corrected chi connectivity index (χ2v) is 10.4. The minimum atomic E-state index is -0.711. The molecule has 1 aliphatic heterocycles. The van der Waals surface area contributed by atoms with Gasteiger partial charge in [0, 0.05) is 42.0 Å². The summed E-state index contributed by atoms with van der Waals surface area (Å²) in [7, 11) is 2.04. The molecule has 1 aromatic carbocycles. The number of fused-ring (bicyclic) bond motifs is 1. The molecule has 38 heavy (non-hydrogen) atoms. The summed E-state index contributed by atoms with van der Waals surface area (Å²) in [5.74, 6) is -0.629. The van der Waals surface area contributed by atoms with E-state index in [-0.39, 0.29) is 22.5 Å². The van der Waals surface area contributed by atoms with Crippen molar-refractivity contribution in [2.24, 2.45) is 5.73 Å². The monoisotopic (exact) mass is 515 g/mol. The molecule has 11 nitrogen and oxygen atoms in total. The topological polar surface area (TPSA) is 155 Å². The van der Waals surface area contributed by atoms with Crippen LogP contribution in [-0.4, -0.2) is 55.8 Å². The number of benzene rings is 1. The summed E-state index contributed by atoms with van der Waals surface area (Å²) in [6, 6.07) is 7.08. The van der Waals surface area contributed by atoms with Gasteiger partial charge < -0.3 is 21.8 Å². The smallest absolute Gasteiger partial charge is 0.275 e. The SMILES string of the molecule is Cc1c(NC(=O)c2cnc(C(C)(C)C)cn2)cccc1C(=N)/C=C(/Nc1cc2n(n1)CCN(C)C2)C(N)=O. The molecule has 2 amide bonds. The number of nitrogens with two attached hydrogens (primary N) is 1. The van der Waals surface area contributed by atoms with Gasteiger partial charge in [-0.05, 0) is 31.7 Å². The first kappa shape index (κ1) is 26.7. The molecule has 0 unspecified atom stereocenters. The average Bonchev–Trinajstić information content (AvgIpc) is 3.25. The van der Waals surface area contributed by atoms with E-state index in [2.05, 4.69) is 30.6 Å². The lowest BCUT2D eigenvalue weighted by molar-refractivity contribution is -0.114. The van der Waals surface area contributed by atoms with Crippen molar-refractivity contribution in [3.63, 3.8) is 0 Å². The van der Waals surface area contributed by atoms with E-state index >= 15 is 0 Å². The summed E-state index contributed by atoms with van der Waals surface area (Å²) in [6.07, 6.45) is 4.43. The van der Waals surface area contributed by atoms with Gasteiger partial charge in [0.05, 0.1) is 29.8 Å². The van der Waals surface area contributed by atoms with E-state index in [1.807, 2.05) is 38.6 Å². The molecule has 5 N–H and O–H groups in total. The molecule has 0 aliphatic carbocycles. The Morgan fingerprint density at radius 1 is 1.13 bits per heavy atom. The second kappa shape index (κ2) is 10.5. The van der Waals surface area contributed by atoms with E-state index in [1.165, 1.54) is 12.3 Å². The number of likely N-dealkylation sites (N-methyl/N-ethyl adjacent to an activating group) is 1. The number of rotatable bonds is 7. The van der Waals surface area contributed by atoms with Gasteiger partial charge >= 0.3 is 0 Å². The Morgan fingerprint density at radius 3 is 2.55 bits per heavy atom. The number of anilines is 2. The quantitative estimate of drug-likeness (QED) is 0.279. The van der Waals surface area contributed by atoms with E-state index in [9.17, 15) is 9.59 Å². The Hall–Kier alpha value is -4.38. The normalized spacial score (nSPS) is 14.1. The molecule has 0 radical (unpaired) electrons. The van der Waals surface area contributed by atoms with Gasteiger partial charge in [0.25, 0.3) is 11.8 Å². The number of amides is 2. The molecule has 0 bridgehead atoms. The molecule has 3 heterocycles. The van der Waals surface area contributed by atoms with Gasteiger partial charge in [-0.25, -0.2) is 4.98 Å². The minimum Gasteiger partial charge on any atom is -0.364 e. The number of hydrogen-bond acceptors (Lipinski definition) is 8. The van der Waals surface area contributed by atoms with E-state index in [0.29, 0.717) is 22.6 Å². The molecule has 4 rings (SSSR count). The summed E-state index contributed by atoms with van der Waals surface area (Å²) in [5, 5.41) is 19.0. The lowest BCUT2D eigenvalue weighted by atomic mass is 9.93. The number of nitrogens with zero attached hydrogens (tertiary/aromatic N) is 5. The van der Waals surface area contributed by atoms with Crippen molar-refractivity contribution in [2.75, 3.05) is 24.2 Å². The van der Waals surface area contributed by atoms with Gasteiger partial charge in [0.2, 0.25) is 0 Å². The maximum atomic E-state index is 12.8. The molecule has 2 aromatic heterocycles. The molecule has 1 aliphatic rings. The first-order chi connectivity index (χ1) is 17.9. The highest BCUT2D eigenvalue weighted by molar-refractivity contribution is 6.13. The maximum Gasteiger partial charge on any atom is 0.275 e. The van der Waals surface area contributed by atoms with Crippen molar-refractivity contribution in [1.82, 2.24) is 24.6 Å². The molecular weight excluding hydrogens is 482 g/mol. The molecule has 0 saturated carbocycles. The van der Waals surface area contributed by atoms with Crippen LogP contribution < -0.4 is 16.4 Å². The maximum absolute atomic E-state index is 12.8. The van der Waals surface area contributed by atoms with Crippen molar-refractivity contribution in [3.8, 4) is 0 Å². The number of carbonyl (C=O) groups is 2. The Labute approximate surface area is 221 Å². The third kappa shape index (κ3) is 5.94. The first-order valence-electron chi connectivity index (χ1n) is 12.3.